The molecule has 1 heterocycles. The molecule has 1 fully saturated rings. The molecule has 5 nitrogen and oxygen atoms in total. The van der Waals surface area contributed by atoms with Gasteiger partial charge in [-0.1, -0.05) is 6.07 Å². The van der Waals surface area contributed by atoms with Gasteiger partial charge in [-0.15, -0.1) is 0 Å². The zero-order valence-corrected chi connectivity index (χ0v) is 10.7. The number of nitrogens with zero attached hydrogens (tertiary/aromatic N) is 2. The molecule has 0 saturated heterocycles. The molecule has 5 heteroatoms. The fourth-order valence-electron chi connectivity index (χ4n) is 2.91. The van der Waals surface area contributed by atoms with Crippen LogP contribution in [0.4, 0.5) is 0 Å². The highest BCUT2D eigenvalue weighted by molar-refractivity contribution is 6.00. The third-order valence-electron chi connectivity index (χ3n) is 3.92. The minimum Gasteiger partial charge on any atom is -0.478 e. The maximum Gasteiger partial charge on any atom is 0.337 e. The van der Waals surface area contributed by atoms with Crippen LogP contribution in [-0.4, -0.2) is 33.8 Å². The highest BCUT2D eigenvalue weighted by Gasteiger charge is 2.27. The fraction of sp³-hybridized carbons (Fsp3) is 0.429. The van der Waals surface area contributed by atoms with Crippen molar-refractivity contribution >= 4 is 17.0 Å². The van der Waals surface area contributed by atoms with E-state index in [0.29, 0.717) is 17.7 Å². The smallest absolute Gasteiger partial charge is 0.337 e. The van der Waals surface area contributed by atoms with E-state index in [1.807, 2.05) is 6.07 Å². The van der Waals surface area contributed by atoms with E-state index in [0.717, 1.165) is 24.8 Å². The Morgan fingerprint density at radius 1 is 1.47 bits per heavy atom. The first kappa shape index (κ1) is 12.2. The summed E-state index contributed by atoms with van der Waals surface area (Å²) < 4.78 is 7.47. The number of aromatic carboxylic acids is 1. The van der Waals surface area contributed by atoms with Gasteiger partial charge in [-0.2, -0.15) is 0 Å². The van der Waals surface area contributed by atoms with Gasteiger partial charge in [0.15, 0.2) is 0 Å². The highest BCUT2D eigenvalue weighted by atomic mass is 16.5. The van der Waals surface area contributed by atoms with E-state index in [4.69, 9.17) is 9.84 Å². The lowest BCUT2D eigenvalue weighted by molar-refractivity contribution is 0.0699. The van der Waals surface area contributed by atoms with Crippen molar-refractivity contribution in [3.8, 4) is 0 Å². The highest BCUT2D eigenvalue weighted by Crippen LogP contribution is 2.34. The Hall–Kier alpha value is -1.88. The minimum atomic E-state index is -0.933. The van der Waals surface area contributed by atoms with Crippen LogP contribution in [0.5, 0.6) is 0 Å². The Bertz CT molecular complexity index is 620. The molecule has 2 aromatic rings. The molecular weight excluding hydrogens is 244 g/mol. The lowest BCUT2D eigenvalue weighted by Crippen LogP contribution is -2.08. The Labute approximate surface area is 110 Å². The van der Waals surface area contributed by atoms with Gasteiger partial charge in [-0.25, -0.2) is 9.78 Å². The van der Waals surface area contributed by atoms with Crippen molar-refractivity contribution in [2.45, 2.75) is 31.4 Å². The molecule has 1 aromatic carbocycles. The van der Waals surface area contributed by atoms with Crippen LogP contribution in [0, 0.1) is 0 Å². The molecule has 1 saturated carbocycles. The molecule has 3 rings (SSSR count). The molecule has 1 aromatic heterocycles. The SMILES string of the molecule is COC1CCC(n2cnc3c(C(=O)O)cccc32)C1. The molecule has 2 atom stereocenters. The lowest BCUT2D eigenvalue weighted by Gasteiger charge is -2.13. The zero-order chi connectivity index (χ0) is 13.4. The summed E-state index contributed by atoms with van der Waals surface area (Å²) in [6, 6.07) is 5.63. The Morgan fingerprint density at radius 2 is 2.32 bits per heavy atom. The normalized spacial score (nSPS) is 23.0. The largest absolute Gasteiger partial charge is 0.478 e. The van der Waals surface area contributed by atoms with Crippen LogP contribution in [0.3, 0.4) is 0 Å². The lowest BCUT2D eigenvalue weighted by atomic mass is 10.1. The molecule has 0 aliphatic heterocycles. The summed E-state index contributed by atoms with van der Waals surface area (Å²) in [5.41, 5.74) is 1.72. The summed E-state index contributed by atoms with van der Waals surface area (Å²) in [4.78, 5) is 15.5. The van der Waals surface area contributed by atoms with Crippen LogP contribution in [0.1, 0.15) is 35.7 Å². The van der Waals surface area contributed by atoms with Crippen molar-refractivity contribution in [3.05, 3.63) is 30.1 Å². The zero-order valence-electron chi connectivity index (χ0n) is 10.7. The van der Waals surface area contributed by atoms with Gasteiger partial charge in [-0.05, 0) is 31.4 Å². The van der Waals surface area contributed by atoms with Gasteiger partial charge in [-0.3, -0.25) is 0 Å². The molecule has 2 unspecified atom stereocenters. The second-order valence-corrected chi connectivity index (χ2v) is 4.95. The summed E-state index contributed by atoms with van der Waals surface area (Å²) in [5.74, 6) is -0.933. The average Bonchev–Trinajstić information content (AvgIpc) is 3.03. The van der Waals surface area contributed by atoms with E-state index in [-0.39, 0.29) is 5.56 Å². The number of ether oxygens (including phenoxy) is 1. The van der Waals surface area contributed by atoms with Crippen LogP contribution in [0.15, 0.2) is 24.5 Å². The number of benzene rings is 1. The summed E-state index contributed by atoms with van der Waals surface area (Å²) in [5, 5.41) is 9.17. The van der Waals surface area contributed by atoms with Crippen molar-refractivity contribution in [1.29, 1.82) is 0 Å². The Morgan fingerprint density at radius 3 is 3.00 bits per heavy atom. The minimum absolute atomic E-state index is 0.262. The monoisotopic (exact) mass is 260 g/mol. The van der Waals surface area contributed by atoms with Gasteiger partial charge < -0.3 is 14.4 Å². The Balaban J connectivity index is 2.02. The average molecular weight is 260 g/mol. The number of imidazole rings is 1. The first-order valence-electron chi connectivity index (χ1n) is 6.42. The van der Waals surface area contributed by atoms with Gasteiger partial charge >= 0.3 is 5.97 Å². The summed E-state index contributed by atoms with van der Waals surface area (Å²) >= 11 is 0. The van der Waals surface area contributed by atoms with Gasteiger partial charge in [0.05, 0.1) is 23.5 Å². The van der Waals surface area contributed by atoms with Crippen molar-refractivity contribution in [1.82, 2.24) is 9.55 Å². The van der Waals surface area contributed by atoms with E-state index >= 15 is 0 Å². The number of carboxylic acid groups (broad SMARTS) is 1. The third-order valence-corrected chi connectivity index (χ3v) is 3.92. The number of carboxylic acids is 1. The maximum absolute atomic E-state index is 11.2. The number of hydrogen-bond acceptors (Lipinski definition) is 3. The second-order valence-electron chi connectivity index (χ2n) is 4.95. The first-order valence-corrected chi connectivity index (χ1v) is 6.42. The topological polar surface area (TPSA) is 64.4 Å². The number of aromatic nitrogens is 2. The molecule has 0 spiro atoms. The number of hydrogen-bond donors (Lipinski definition) is 1. The molecule has 19 heavy (non-hydrogen) atoms. The number of fused-ring (bicyclic) bond motifs is 1. The van der Waals surface area contributed by atoms with Crippen molar-refractivity contribution in [3.63, 3.8) is 0 Å². The van der Waals surface area contributed by atoms with Crippen LogP contribution >= 0.6 is 0 Å². The van der Waals surface area contributed by atoms with E-state index < -0.39 is 5.97 Å². The number of rotatable bonds is 3. The van der Waals surface area contributed by atoms with Gasteiger partial charge in [0.2, 0.25) is 0 Å². The van der Waals surface area contributed by atoms with Crippen molar-refractivity contribution in [2.75, 3.05) is 7.11 Å². The second kappa shape index (κ2) is 4.66. The van der Waals surface area contributed by atoms with Crippen molar-refractivity contribution < 1.29 is 14.6 Å². The molecule has 1 aliphatic rings. The molecule has 1 N–H and O–H groups in total. The molecule has 1 aliphatic carbocycles. The van der Waals surface area contributed by atoms with Crippen LogP contribution in [-0.2, 0) is 4.74 Å². The predicted molar refractivity (Wildman–Crippen MR) is 70.4 cm³/mol. The summed E-state index contributed by atoms with van der Waals surface area (Å²) in [6.45, 7) is 0. The molecule has 100 valence electrons. The standard InChI is InChI=1S/C14H16N2O3/c1-19-10-6-5-9(7-10)16-8-15-13-11(14(17)18)3-2-4-12(13)16/h2-4,8-10H,5-7H2,1H3,(H,17,18). The van der Waals surface area contributed by atoms with E-state index in [1.54, 1.807) is 25.6 Å². The van der Waals surface area contributed by atoms with E-state index in [2.05, 4.69) is 9.55 Å². The summed E-state index contributed by atoms with van der Waals surface area (Å²) in [7, 11) is 1.74. The van der Waals surface area contributed by atoms with Crippen LogP contribution in [0.25, 0.3) is 11.0 Å². The third kappa shape index (κ3) is 2.00. The van der Waals surface area contributed by atoms with Crippen molar-refractivity contribution in [2.24, 2.45) is 0 Å². The quantitative estimate of drug-likeness (QED) is 0.920. The Kier molecular flexibility index (Phi) is 2.98. The fourth-order valence-corrected chi connectivity index (χ4v) is 2.91. The summed E-state index contributed by atoms with van der Waals surface area (Å²) in [6.07, 6.45) is 5.09. The molecule has 0 radical (unpaired) electrons. The predicted octanol–water partition coefficient (Wildman–Crippen LogP) is 2.47. The molecular formula is C14H16N2O3. The number of para-hydroxylation sites is 1. The van der Waals surface area contributed by atoms with Gasteiger partial charge in [0.1, 0.15) is 5.52 Å². The maximum atomic E-state index is 11.2. The van der Waals surface area contributed by atoms with E-state index in [9.17, 15) is 4.79 Å². The number of methoxy groups -OCH3 is 1. The van der Waals surface area contributed by atoms with Crippen LogP contribution in [0.2, 0.25) is 0 Å². The van der Waals surface area contributed by atoms with E-state index in [1.165, 1.54) is 0 Å². The first-order chi connectivity index (χ1) is 9.20. The van der Waals surface area contributed by atoms with Crippen LogP contribution < -0.4 is 0 Å². The number of carbonyl (C=O) groups is 1. The van der Waals surface area contributed by atoms with Gasteiger partial charge in [0.25, 0.3) is 0 Å². The molecule has 0 bridgehead atoms. The molecule has 0 amide bonds. The van der Waals surface area contributed by atoms with Gasteiger partial charge in [0, 0.05) is 13.2 Å².